The number of nitrogens with zero attached hydrogens (tertiary/aromatic N) is 1. The molecule has 0 atom stereocenters. The van der Waals surface area contributed by atoms with Crippen LogP contribution in [-0.4, -0.2) is 29.9 Å². The number of rotatable bonds is 2. The van der Waals surface area contributed by atoms with Crippen LogP contribution in [0.3, 0.4) is 0 Å². The van der Waals surface area contributed by atoms with Crippen LogP contribution < -0.4 is 10.1 Å². The Morgan fingerprint density at radius 3 is 3.12 bits per heavy atom. The van der Waals surface area contributed by atoms with E-state index in [1.807, 2.05) is 12.3 Å². The minimum Gasteiger partial charge on any atom is -0.496 e. The summed E-state index contributed by atoms with van der Waals surface area (Å²) in [6.07, 6.45) is 3.06. The Bertz CT molecular complexity index is 564. The zero-order valence-corrected chi connectivity index (χ0v) is 10.8. The maximum Gasteiger partial charge on any atom is 0.142 e. The highest BCUT2D eigenvalue weighted by molar-refractivity contribution is 7.98. The van der Waals surface area contributed by atoms with Crippen LogP contribution in [0.15, 0.2) is 11.1 Å². The molecule has 0 saturated carbocycles. The van der Waals surface area contributed by atoms with Crippen LogP contribution in [0, 0.1) is 0 Å². The van der Waals surface area contributed by atoms with Crippen LogP contribution in [0.4, 0.5) is 0 Å². The number of hydrogen-bond donors (Lipinski definition) is 2. The number of H-pyrrole nitrogens is 1. The van der Waals surface area contributed by atoms with Crippen LogP contribution in [0.5, 0.6) is 5.75 Å². The SMILES string of the molecule is COc1cc(SC)nc2[nH]c3c(c12)CNCC3. The summed E-state index contributed by atoms with van der Waals surface area (Å²) in [7, 11) is 1.72. The lowest BCUT2D eigenvalue weighted by atomic mass is 10.1. The summed E-state index contributed by atoms with van der Waals surface area (Å²) in [5.41, 5.74) is 3.55. The van der Waals surface area contributed by atoms with Gasteiger partial charge >= 0.3 is 0 Å². The number of ether oxygens (including phenoxy) is 1. The maximum absolute atomic E-state index is 5.49. The Morgan fingerprint density at radius 1 is 1.47 bits per heavy atom. The predicted octanol–water partition coefficient (Wildman–Crippen LogP) is 1.94. The summed E-state index contributed by atoms with van der Waals surface area (Å²) in [5, 5.41) is 5.51. The smallest absolute Gasteiger partial charge is 0.142 e. The molecule has 5 heteroatoms. The molecule has 4 nitrogen and oxygen atoms in total. The third-order valence-electron chi connectivity index (χ3n) is 3.18. The molecule has 2 N–H and O–H groups in total. The first kappa shape index (κ1) is 10.9. The molecule has 0 amide bonds. The van der Waals surface area contributed by atoms with Gasteiger partial charge in [-0.1, -0.05) is 0 Å². The van der Waals surface area contributed by atoms with E-state index in [-0.39, 0.29) is 0 Å². The molecule has 1 aliphatic heterocycles. The minimum atomic E-state index is 0.895. The molecule has 2 aromatic rings. The number of thioether (sulfide) groups is 1. The largest absolute Gasteiger partial charge is 0.496 e. The number of aromatic nitrogens is 2. The van der Waals surface area contributed by atoms with Gasteiger partial charge in [0.25, 0.3) is 0 Å². The molecule has 0 unspecified atom stereocenters. The molecule has 90 valence electrons. The molecular weight excluding hydrogens is 234 g/mol. The molecule has 17 heavy (non-hydrogen) atoms. The molecule has 3 heterocycles. The van der Waals surface area contributed by atoms with Gasteiger partial charge in [0.1, 0.15) is 16.4 Å². The van der Waals surface area contributed by atoms with Gasteiger partial charge in [0.15, 0.2) is 0 Å². The van der Waals surface area contributed by atoms with Gasteiger partial charge in [-0.15, -0.1) is 11.8 Å². The van der Waals surface area contributed by atoms with E-state index in [9.17, 15) is 0 Å². The Morgan fingerprint density at radius 2 is 2.35 bits per heavy atom. The Labute approximate surface area is 104 Å². The average Bonchev–Trinajstić information content (AvgIpc) is 2.75. The molecule has 1 aliphatic rings. The normalized spacial score (nSPS) is 14.9. The van der Waals surface area contributed by atoms with Crippen molar-refractivity contribution in [1.29, 1.82) is 0 Å². The second-order valence-corrected chi connectivity index (χ2v) is 4.93. The predicted molar refractivity (Wildman–Crippen MR) is 69.8 cm³/mol. The monoisotopic (exact) mass is 249 g/mol. The molecule has 0 bridgehead atoms. The maximum atomic E-state index is 5.49. The molecule has 0 radical (unpaired) electrons. The quantitative estimate of drug-likeness (QED) is 0.799. The fourth-order valence-corrected chi connectivity index (χ4v) is 2.76. The van der Waals surface area contributed by atoms with Crippen molar-refractivity contribution in [2.24, 2.45) is 0 Å². The van der Waals surface area contributed by atoms with Gasteiger partial charge in [-0.25, -0.2) is 4.98 Å². The fourth-order valence-electron chi connectivity index (χ4n) is 2.35. The Kier molecular flexibility index (Phi) is 2.72. The highest BCUT2D eigenvalue weighted by atomic mass is 32.2. The summed E-state index contributed by atoms with van der Waals surface area (Å²) >= 11 is 1.63. The number of nitrogens with one attached hydrogen (secondary N) is 2. The lowest BCUT2D eigenvalue weighted by Gasteiger charge is -2.13. The van der Waals surface area contributed by atoms with Gasteiger partial charge in [-0.2, -0.15) is 0 Å². The molecule has 0 aliphatic carbocycles. The van der Waals surface area contributed by atoms with Gasteiger partial charge in [0.2, 0.25) is 0 Å². The number of fused-ring (bicyclic) bond motifs is 3. The van der Waals surface area contributed by atoms with E-state index < -0.39 is 0 Å². The van der Waals surface area contributed by atoms with Crippen LogP contribution in [-0.2, 0) is 13.0 Å². The van der Waals surface area contributed by atoms with Gasteiger partial charge in [-0.3, -0.25) is 0 Å². The highest BCUT2D eigenvalue weighted by Gasteiger charge is 2.19. The lowest BCUT2D eigenvalue weighted by Crippen LogP contribution is -2.22. The van der Waals surface area contributed by atoms with Gasteiger partial charge in [-0.05, 0) is 11.8 Å². The lowest BCUT2D eigenvalue weighted by molar-refractivity contribution is 0.418. The van der Waals surface area contributed by atoms with Crippen LogP contribution >= 0.6 is 11.8 Å². The van der Waals surface area contributed by atoms with E-state index in [2.05, 4.69) is 15.3 Å². The average molecular weight is 249 g/mol. The molecule has 3 rings (SSSR count). The fraction of sp³-hybridized carbons (Fsp3) is 0.417. The molecule has 2 aromatic heterocycles. The molecule has 0 fully saturated rings. The van der Waals surface area contributed by atoms with Crippen molar-refractivity contribution in [1.82, 2.24) is 15.3 Å². The van der Waals surface area contributed by atoms with Crippen molar-refractivity contribution in [2.45, 2.75) is 18.0 Å². The summed E-state index contributed by atoms with van der Waals surface area (Å²) < 4.78 is 5.49. The number of methoxy groups -OCH3 is 1. The molecule has 0 aromatic carbocycles. The second-order valence-electron chi connectivity index (χ2n) is 4.10. The number of aromatic amines is 1. The first-order valence-corrected chi connectivity index (χ1v) is 6.89. The minimum absolute atomic E-state index is 0.895. The molecule has 0 saturated heterocycles. The van der Waals surface area contributed by atoms with Crippen molar-refractivity contribution >= 4 is 22.8 Å². The zero-order chi connectivity index (χ0) is 11.8. The molecular formula is C12H15N3OS. The first-order valence-electron chi connectivity index (χ1n) is 5.66. The van der Waals surface area contributed by atoms with E-state index in [4.69, 9.17) is 4.74 Å². The van der Waals surface area contributed by atoms with Crippen LogP contribution in [0.25, 0.3) is 11.0 Å². The first-order chi connectivity index (χ1) is 8.33. The Hall–Kier alpha value is -1.20. The van der Waals surface area contributed by atoms with E-state index in [0.29, 0.717) is 0 Å². The zero-order valence-electron chi connectivity index (χ0n) is 9.96. The summed E-state index contributed by atoms with van der Waals surface area (Å²) in [6, 6.07) is 2.01. The van der Waals surface area contributed by atoms with E-state index in [1.165, 1.54) is 11.3 Å². The standard InChI is InChI=1S/C12H15N3OS/c1-16-9-5-10(17-2)15-12-11(9)7-6-13-4-3-8(7)14-12/h5,13H,3-4,6H2,1-2H3,(H,14,15). The third kappa shape index (κ3) is 1.70. The van der Waals surface area contributed by atoms with Gasteiger partial charge in [0, 0.05) is 31.3 Å². The van der Waals surface area contributed by atoms with Crippen LogP contribution in [0.2, 0.25) is 0 Å². The van der Waals surface area contributed by atoms with Gasteiger partial charge in [0.05, 0.1) is 12.5 Å². The summed E-state index contributed by atoms with van der Waals surface area (Å²) in [5.74, 6) is 0.917. The summed E-state index contributed by atoms with van der Waals surface area (Å²) in [6.45, 7) is 1.92. The topological polar surface area (TPSA) is 49.9 Å². The number of hydrogen-bond acceptors (Lipinski definition) is 4. The van der Waals surface area contributed by atoms with Crippen molar-refractivity contribution < 1.29 is 4.74 Å². The van der Waals surface area contributed by atoms with E-state index >= 15 is 0 Å². The van der Waals surface area contributed by atoms with E-state index in [1.54, 1.807) is 18.9 Å². The summed E-state index contributed by atoms with van der Waals surface area (Å²) in [4.78, 5) is 8.03. The van der Waals surface area contributed by atoms with Crippen LogP contribution in [0.1, 0.15) is 11.3 Å². The Balaban J connectivity index is 2.29. The molecule has 0 spiro atoms. The van der Waals surface area contributed by atoms with E-state index in [0.717, 1.165) is 41.3 Å². The third-order valence-corrected chi connectivity index (χ3v) is 3.81. The van der Waals surface area contributed by atoms with Crippen molar-refractivity contribution in [3.8, 4) is 5.75 Å². The second kappa shape index (κ2) is 4.23. The number of pyridine rings is 1. The highest BCUT2D eigenvalue weighted by Crippen LogP contribution is 2.34. The van der Waals surface area contributed by atoms with Crippen molar-refractivity contribution in [2.75, 3.05) is 19.9 Å². The van der Waals surface area contributed by atoms with Gasteiger partial charge < -0.3 is 15.0 Å². The van der Waals surface area contributed by atoms with Crippen molar-refractivity contribution in [3.63, 3.8) is 0 Å². The van der Waals surface area contributed by atoms with Crippen molar-refractivity contribution in [3.05, 3.63) is 17.3 Å².